The van der Waals surface area contributed by atoms with Crippen LogP contribution in [0.15, 0.2) is 0 Å². The van der Waals surface area contributed by atoms with Crippen molar-refractivity contribution in [1.29, 1.82) is 0 Å². The Bertz CT molecular complexity index is 944. The molecule has 2 atom stereocenters. The van der Waals surface area contributed by atoms with Crippen molar-refractivity contribution >= 4 is 11.9 Å². The average Bonchev–Trinajstić information content (AvgIpc) is 3.32. The van der Waals surface area contributed by atoms with Gasteiger partial charge in [0.1, 0.15) is 0 Å². The maximum Gasteiger partial charge on any atom is 0.305 e. The molecule has 0 aliphatic heterocycles. The minimum Gasteiger partial charge on any atom is -0.466 e. The van der Waals surface area contributed by atoms with E-state index in [2.05, 4.69) is 19.2 Å². The summed E-state index contributed by atoms with van der Waals surface area (Å²) < 4.78 is 5.46. The van der Waals surface area contributed by atoms with Gasteiger partial charge in [-0.15, -0.1) is 0 Å². The van der Waals surface area contributed by atoms with Crippen LogP contribution in [-0.2, 0) is 14.3 Å². The molecular formula is C60H119NO5. The Morgan fingerprint density at radius 1 is 0.364 bits per heavy atom. The van der Waals surface area contributed by atoms with Gasteiger partial charge < -0.3 is 20.3 Å². The molecule has 1 amide bonds. The second-order valence-corrected chi connectivity index (χ2v) is 21.1. The van der Waals surface area contributed by atoms with E-state index in [0.29, 0.717) is 25.9 Å². The van der Waals surface area contributed by atoms with Gasteiger partial charge in [0, 0.05) is 12.8 Å². The summed E-state index contributed by atoms with van der Waals surface area (Å²) in [5, 5.41) is 23.4. The van der Waals surface area contributed by atoms with Gasteiger partial charge in [-0.05, 0) is 25.7 Å². The van der Waals surface area contributed by atoms with Gasteiger partial charge >= 0.3 is 5.97 Å². The fraction of sp³-hybridized carbons (Fsp3) is 0.967. The molecule has 0 fully saturated rings. The van der Waals surface area contributed by atoms with Crippen LogP contribution in [0.1, 0.15) is 348 Å². The first kappa shape index (κ1) is 64.9. The smallest absolute Gasteiger partial charge is 0.305 e. The van der Waals surface area contributed by atoms with Crippen LogP contribution in [-0.4, -0.2) is 47.4 Å². The number of hydrogen-bond donors (Lipinski definition) is 3. The highest BCUT2D eigenvalue weighted by Gasteiger charge is 2.20. The van der Waals surface area contributed by atoms with Crippen molar-refractivity contribution in [2.24, 2.45) is 0 Å². The van der Waals surface area contributed by atoms with E-state index in [1.165, 1.54) is 257 Å². The highest BCUT2D eigenvalue weighted by molar-refractivity contribution is 5.76. The summed E-state index contributed by atoms with van der Waals surface area (Å²) in [6, 6.07) is -0.555. The largest absolute Gasteiger partial charge is 0.466 e. The van der Waals surface area contributed by atoms with Crippen LogP contribution in [0, 0.1) is 0 Å². The number of unbranched alkanes of at least 4 members (excludes halogenated alkanes) is 46. The maximum atomic E-state index is 12.5. The van der Waals surface area contributed by atoms with E-state index in [0.717, 1.165) is 57.8 Å². The number of ether oxygens (including phenoxy) is 1. The third kappa shape index (κ3) is 52.2. The van der Waals surface area contributed by atoms with Crippen LogP contribution in [0.2, 0.25) is 0 Å². The molecule has 0 aliphatic rings. The molecule has 0 spiro atoms. The predicted octanol–water partition coefficient (Wildman–Crippen LogP) is 18.7. The minimum absolute atomic E-state index is 0.0104. The maximum absolute atomic E-state index is 12.5. The summed E-state index contributed by atoms with van der Waals surface area (Å²) in [4.78, 5) is 24.6. The van der Waals surface area contributed by atoms with E-state index in [-0.39, 0.29) is 18.5 Å². The lowest BCUT2D eigenvalue weighted by molar-refractivity contribution is -0.143. The van der Waals surface area contributed by atoms with Crippen molar-refractivity contribution < 1.29 is 24.5 Å². The zero-order valence-electron chi connectivity index (χ0n) is 45.0. The molecular weight excluding hydrogens is 815 g/mol. The standard InChI is InChI=1S/C60H119NO5/c1-3-5-7-9-11-13-15-17-18-19-20-21-22-23-24-25-26-27-28-30-32-36-40-44-48-52-58(63)57(56-62)61-59(64)53-49-45-41-37-33-31-35-39-43-47-51-55-66-60(65)54-50-46-42-38-34-29-16-14-12-10-8-6-4-2/h57-58,62-63H,3-56H2,1-2H3,(H,61,64). The number of aliphatic hydroxyl groups excluding tert-OH is 2. The Balaban J connectivity index is 3.43. The summed E-state index contributed by atoms with van der Waals surface area (Å²) in [7, 11) is 0. The fourth-order valence-electron chi connectivity index (χ4n) is 9.76. The van der Waals surface area contributed by atoms with Crippen molar-refractivity contribution in [3.8, 4) is 0 Å². The second-order valence-electron chi connectivity index (χ2n) is 21.1. The van der Waals surface area contributed by atoms with E-state index in [1.807, 2.05) is 0 Å². The van der Waals surface area contributed by atoms with Crippen LogP contribution < -0.4 is 5.32 Å². The van der Waals surface area contributed by atoms with Crippen molar-refractivity contribution in [2.45, 2.75) is 360 Å². The molecule has 0 aliphatic carbocycles. The second kappa shape index (κ2) is 56.4. The average molecular weight is 935 g/mol. The Morgan fingerprint density at radius 3 is 0.924 bits per heavy atom. The minimum atomic E-state index is -0.676. The first-order chi connectivity index (χ1) is 32.5. The van der Waals surface area contributed by atoms with E-state index < -0.39 is 12.1 Å². The van der Waals surface area contributed by atoms with Crippen molar-refractivity contribution in [2.75, 3.05) is 13.2 Å². The normalized spacial score (nSPS) is 12.5. The number of rotatable bonds is 57. The van der Waals surface area contributed by atoms with Crippen LogP contribution in [0.25, 0.3) is 0 Å². The SMILES string of the molecule is CCCCCCCCCCCCCCCCCCCCCCCCCCCC(O)C(CO)NC(=O)CCCCCCCCCCCCCOC(=O)CCCCCCCCCCCCCCC. The first-order valence-corrected chi connectivity index (χ1v) is 30.3. The third-order valence-electron chi connectivity index (χ3n) is 14.4. The molecule has 394 valence electrons. The van der Waals surface area contributed by atoms with Gasteiger partial charge in [0.05, 0.1) is 25.4 Å². The molecule has 3 N–H and O–H groups in total. The van der Waals surface area contributed by atoms with Gasteiger partial charge in [0.2, 0.25) is 5.91 Å². The Hall–Kier alpha value is -1.14. The molecule has 2 unspecified atom stereocenters. The zero-order valence-corrected chi connectivity index (χ0v) is 45.0. The first-order valence-electron chi connectivity index (χ1n) is 30.3. The van der Waals surface area contributed by atoms with Gasteiger partial charge in [0.15, 0.2) is 0 Å². The van der Waals surface area contributed by atoms with Crippen LogP contribution >= 0.6 is 0 Å². The van der Waals surface area contributed by atoms with Gasteiger partial charge in [0.25, 0.3) is 0 Å². The van der Waals surface area contributed by atoms with E-state index in [4.69, 9.17) is 4.74 Å². The van der Waals surface area contributed by atoms with Crippen LogP contribution in [0.3, 0.4) is 0 Å². The molecule has 6 heteroatoms. The Labute approximate surface area is 413 Å². The molecule has 0 saturated carbocycles. The third-order valence-corrected chi connectivity index (χ3v) is 14.4. The zero-order chi connectivity index (χ0) is 47.9. The van der Waals surface area contributed by atoms with E-state index in [1.54, 1.807) is 0 Å². The highest BCUT2D eigenvalue weighted by Crippen LogP contribution is 2.18. The molecule has 0 rings (SSSR count). The quantitative estimate of drug-likeness (QED) is 0.0417. The molecule has 0 aromatic carbocycles. The molecule has 0 aromatic rings. The number of hydrogen-bond acceptors (Lipinski definition) is 5. The monoisotopic (exact) mass is 934 g/mol. The van der Waals surface area contributed by atoms with Gasteiger partial charge in [-0.3, -0.25) is 9.59 Å². The van der Waals surface area contributed by atoms with Crippen LogP contribution in [0.4, 0.5) is 0 Å². The topological polar surface area (TPSA) is 95.9 Å². The lowest BCUT2D eigenvalue weighted by Gasteiger charge is -2.22. The van der Waals surface area contributed by atoms with E-state index >= 15 is 0 Å². The van der Waals surface area contributed by atoms with Crippen molar-refractivity contribution in [1.82, 2.24) is 5.32 Å². The predicted molar refractivity (Wildman–Crippen MR) is 287 cm³/mol. The molecule has 0 heterocycles. The fourth-order valence-corrected chi connectivity index (χ4v) is 9.76. The Morgan fingerprint density at radius 2 is 0.621 bits per heavy atom. The molecule has 66 heavy (non-hydrogen) atoms. The number of amides is 1. The van der Waals surface area contributed by atoms with Crippen molar-refractivity contribution in [3.63, 3.8) is 0 Å². The van der Waals surface area contributed by atoms with Gasteiger partial charge in [-0.25, -0.2) is 0 Å². The summed E-state index contributed by atoms with van der Waals surface area (Å²) >= 11 is 0. The lowest BCUT2D eigenvalue weighted by atomic mass is 10.0. The number of carbonyl (C=O) groups excluding carboxylic acids is 2. The summed E-state index contributed by atoms with van der Waals surface area (Å²) in [5.74, 6) is -0.0590. The number of esters is 1. The molecule has 6 nitrogen and oxygen atoms in total. The van der Waals surface area contributed by atoms with Gasteiger partial charge in [-0.2, -0.15) is 0 Å². The van der Waals surface area contributed by atoms with Crippen molar-refractivity contribution in [3.05, 3.63) is 0 Å². The summed E-state index contributed by atoms with van der Waals surface area (Å²) in [5.41, 5.74) is 0. The van der Waals surface area contributed by atoms with Crippen LogP contribution in [0.5, 0.6) is 0 Å². The molecule has 0 aromatic heterocycles. The molecule has 0 saturated heterocycles. The summed E-state index contributed by atoms with van der Waals surface area (Å²) in [6.07, 6.45) is 65.3. The number of carbonyl (C=O) groups is 2. The number of nitrogens with one attached hydrogen (secondary N) is 1. The lowest BCUT2D eigenvalue weighted by Crippen LogP contribution is -2.45. The highest BCUT2D eigenvalue weighted by atomic mass is 16.5. The summed E-state index contributed by atoms with van der Waals surface area (Å²) in [6.45, 7) is 4.94. The number of aliphatic hydroxyl groups is 2. The van der Waals surface area contributed by atoms with Gasteiger partial charge in [-0.1, -0.05) is 309 Å². The van der Waals surface area contributed by atoms with E-state index in [9.17, 15) is 19.8 Å². The molecule has 0 bridgehead atoms. The Kier molecular flexibility index (Phi) is 55.5. The molecule has 0 radical (unpaired) electrons.